The molecule has 0 spiro atoms. The summed E-state index contributed by atoms with van der Waals surface area (Å²) in [5.74, 6) is 0.236. The van der Waals surface area contributed by atoms with Crippen LogP contribution in [0.3, 0.4) is 0 Å². The van der Waals surface area contributed by atoms with Crippen molar-refractivity contribution in [1.29, 1.82) is 0 Å². The number of nitrogens with two attached hydrogens (primary N) is 1. The third-order valence-electron chi connectivity index (χ3n) is 3.78. The number of halogens is 1. The van der Waals surface area contributed by atoms with Crippen molar-refractivity contribution in [3.63, 3.8) is 0 Å². The standard InChI is InChI=1S/C12H15FN4O4/c13-4-12(20)8(19)7(3-18)21-11(12)17-2-1-6-9(14)15-5-16-10(6)17/h1-2,5,7-8,11,18-20H,3-4H2,(H2,14,15,16)/t7-,8?,11-,12?/m1/s1. The lowest BCUT2D eigenvalue weighted by molar-refractivity contribution is -0.118. The van der Waals surface area contributed by atoms with Gasteiger partial charge in [0.15, 0.2) is 11.8 Å². The lowest BCUT2D eigenvalue weighted by Gasteiger charge is -2.28. The topological polar surface area (TPSA) is 127 Å². The summed E-state index contributed by atoms with van der Waals surface area (Å²) in [7, 11) is 0. The maximum atomic E-state index is 13.3. The fourth-order valence-corrected chi connectivity index (χ4v) is 2.60. The molecule has 1 saturated heterocycles. The molecule has 1 fully saturated rings. The molecule has 8 nitrogen and oxygen atoms in total. The predicted molar refractivity (Wildman–Crippen MR) is 69.9 cm³/mol. The van der Waals surface area contributed by atoms with Crippen LogP contribution in [-0.4, -0.2) is 60.9 Å². The van der Waals surface area contributed by atoms with Crippen LogP contribution in [-0.2, 0) is 4.74 Å². The van der Waals surface area contributed by atoms with E-state index in [9.17, 15) is 14.6 Å². The molecule has 3 heterocycles. The van der Waals surface area contributed by atoms with Crippen LogP contribution in [0.4, 0.5) is 10.2 Å². The second kappa shape index (κ2) is 4.88. The highest BCUT2D eigenvalue weighted by atomic mass is 19.1. The van der Waals surface area contributed by atoms with Crippen LogP contribution in [0.2, 0.25) is 0 Å². The fourth-order valence-electron chi connectivity index (χ4n) is 2.60. The number of alkyl halides is 1. The summed E-state index contributed by atoms with van der Waals surface area (Å²) in [5, 5.41) is 30.0. The van der Waals surface area contributed by atoms with E-state index < -0.39 is 37.3 Å². The van der Waals surface area contributed by atoms with E-state index in [0.29, 0.717) is 11.0 Å². The van der Waals surface area contributed by atoms with Crippen molar-refractivity contribution in [1.82, 2.24) is 14.5 Å². The van der Waals surface area contributed by atoms with Crippen molar-refractivity contribution in [3.8, 4) is 0 Å². The Labute approximate surface area is 118 Å². The third-order valence-corrected chi connectivity index (χ3v) is 3.78. The maximum Gasteiger partial charge on any atom is 0.169 e. The van der Waals surface area contributed by atoms with Gasteiger partial charge in [-0.1, -0.05) is 0 Å². The quantitative estimate of drug-likeness (QED) is 0.570. The first kappa shape index (κ1) is 14.1. The van der Waals surface area contributed by atoms with Gasteiger partial charge in [-0.2, -0.15) is 0 Å². The molecule has 21 heavy (non-hydrogen) atoms. The molecule has 1 aliphatic rings. The van der Waals surface area contributed by atoms with Crippen molar-refractivity contribution in [2.45, 2.75) is 24.0 Å². The molecule has 4 atom stereocenters. The van der Waals surface area contributed by atoms with Crippen LogP contribution in [0.1, 0.15) is 6.23 Å². The van der Waals surface area contributed by atoms with Crippen molar-refractivity contribution in [2.24, 2.45) is 0 Å². The Morgan fingerprint density at radius 2 is 2.24 bits per heavy atom. The minimum absolute atomic E-state index is 0.236. The molecular weight excluding hydrogens is 283 g/mol. The van der Waals surface area contributed by atoms with Gasteiger partial charge in [0.05, 0.1) is 12.0 Å². The number of hydrogen-bond donors (Lipinski definition) is 4. The molecule has 1 aliphatic heterocycles. The number of nitrogens with zero attached hydrogens (tertiary/aromatic N) is 3. The van der Waals surface area contributed by atoms with Crippen LogP contribution in [0, 0.1) is 0 Å². The van der Waals surface area contributed by atoms with Gasteiger partial charge >= 0.3 is 0 Å². The number of rotatable bonds is 3. The molecular formula is C12H15FN4O4. The lowest BCUT2D eigenvalue weighted by atomic mass is 9.95. The highest BCUT2D eigenvalue weighted by Gasteiger charge is 2.56. The summed E-state index contributed by atoms with van der Waals surface area (Å²) in [6.07, 6.45) is -1.15. The van der Waals surface area contributed by atoms with E-state index >= 15 is 0 Å². The zero-order valence-electron chi connectivity index (χ0n) is 10.9. The summed E-state index contributed by atoms with van der Waals surface area (Å²) in [4.78, 5) is 7.87. The predicted octanol–water partition coefficient (Wildman–Crippen LogP) is -1.04. The second-order valence-electron chi connectivity index (χ2n) is 5.00. The van der Waals surface area contributed by atoms with E-state index in [1.165, 1.54) is 17.1 Å². The van der Waals surface area contributed by atoms with E-state index in [2.05, 4.69) is 9.97 Å². The Balaban J connectivity index is 2.11. The van der Waals surface area contributed by atoms with E-state index in [0.717, 1.165) is 0 Å². The number of hydrogen-bond acceptors (Lipinski definition) is 7. The number of anilines is 1. The third kappa shape index (κ3) is 1.89. The Bertz CT molecular complexity index is 666. The van der Waals surface area contributed by atoms with Gasteiger partial charge in [0.1, 0.15) is 36.7 Å². The van der Waals surface area contributed by atoms with Crippen molar-refractivity contribution in [3.05, 3.63) is 18.6 Å². The fraction of sp³-hybridized carbons (Fsp3) is 0.500. The number of nitrogen functional groups attached to an aromatic ring is 1. The number of aliphatic hydroxyl groups excluding tert-OH is 2. The van der Waals surface area contributed by atoms with Gasteiger partial charge in [-0.05, 0) is 6.07 Å². The Hall–Kier alpha value is -1.81. The average Bonchev–Trinajstić information content (AvgIpc) is 3.01. The second-order valence-corrected chi connectivity index (χ2v) is 5.00. The molecule has 9 heteroatoms. The van der Waals surface area contributed by atoms with Gasteiger partial charge < -0.3 is 30.4 Å². The summed E-state index contributed by atoms with van der Waals surface area (Å²) >= 11 is 0. The van der Waals surface area contributed by atoms with Gasteiger partial charge in [-0.25, -0.2) is 14.4 Å². The van der Waals surface area contributed by atoms with Gasteiger partial charge in [0.25, 0.3) is 0 Å². The Kier molecular flexibility index (Phi) is 3.29. The minimum atomic E-state index is -2.18. The molecule has 0 bridgehead atoms. The first-order valence-electron chi connectivity index (χ1n) is 6.32. The normalized spacial score (nSPS) is 32.9. The van der Waals surface area contributed by atoms with E-state index in [1.54, 1.807) is 6.07 Å². The average molecular weight is 298 g/mol. The smallest absolute Gasteiger partial charge is 0.169 e. The molecule has 0 aromatic carbocycles. The molecule has 0 amide bonds. The summed E-state index contributed by atoms with van der Waals surface area (Å²) < 4.78 is 20.1. The minimum Gasteiger partial charge on any atom is -0.394 e. The molecule has 2 aromatic rings. The van der Waals surface area contributed by atoms with Crippen molar-refractivity contribution < 1.29 is 24.4 Å². The number of fused-ring (bicyclic) bond motifs is 1. The highest BCUT2D eigenvalue weighted by molar-refractivity contribution is 5.86. The molecule has 0 saturated carbocycles. The molecule has 2 unspecified atom stereocenters. The molecule has 0 radical (unpaired) electrons. The number of aromatic nitrogens is 3. The van der Waals surface area contributed by atoms with Crippen molar-refractivity contribution in [2.75, 3.05) is 19.0 Å². The first-order chi connectivity index (χ1) is 10.0. The summed E-state index contributed by atoms with van der Waals surface area (Å²) in [6.45, 7) is -1.79. The van der Waals surface area contributed by atoms with Crippen LogP contribution < -0.4 is 5.73 Å². The lowest BCUT2D eigenvalue weighted by Crippen LogP contribution is -2.48. The summed E-state index contributed by atoms with van der Waals surface area (Å²) in [6, 6.07) is 1.60. The number of ether oxygens (including phenoxy) is 1. The van der Waals surface area contributed by atoms with Gasteiger partial charge in [-0.15, -0.1) is 0 Å². The van der Waals surface area contributed by atoms with Crippen LogP contribution in [0.5, 0.6) is 0 Å². The monoisotopic (exact) mass is 298 g/mol. The SMILES string of the molecule is Nc1ncnc2c1ccn2[C@@H]1O[C@H](CO)C(O)C1(O)CF. The highest BCUT2D eigenvalue weighted by Crippen LogP contribution is 2.40. The van der Waals surface area contributed by atoms with Gasteiger partial charge in [0, 0.05) is 6.20 Å². The van der Waals surface area contributed by atoms with Crippen molar-refractivity contribution >= 4 is 16.9 Å². The van der Waals surface area contributed by atoms with Gasteiger partial charge in [-0.3, -0.25) is 0 Å². The molecule has 0 aliphatic carbocycles. The molecule has 5 N–H and O–H groups in total. The maximum absolute atomic E-state index is 13.3. The first-order valence-corrected chi connectivity index (χ1v) is 6.32. The largest absolute Gasteiger partial charge is 0.394 e. The summed E-state index contributed by atoms with van der Waals surface area (Å²) in [5.41, 5.74) is 3.87. The molecule has 114 valence electrons. The van der Waals surface area contributed by atoms with Crippen LogP contribution >= 0.6 is 0 Å². The molecule has 3 rings (SSSR count). The van der Waals surface area contributed by atoms with Gasteiger partial charge in [0.2, 0.25) is 0 Å². The van der Waals surface area contributed by atoms with E-state index in [-0.39, 0.29) is 5.82 Å². The number of aliphatic hydroxyl groups is 3. The molecule has 2 aromatic heterocycles. The van der Waals surface area contributed by atoms with Crippen LogP contribution in [0.25, 0.3) is 11.0 Å². The van der Waals surface area contributed by atoms with E-state index in [4.69, 9.17) is 15.6 Å². The Morgan fingerprint density at radius 1 is 1.48 bits per heavy atom. The zero-order chi connectivity index (χ0) is 15.2. The van der Waals surface area contributed by atoms with Crippen LogP contribution in [0.15, 0.2) is 18.6 Å². The zero-order valence-corrected chi connectivity index (χ0v) is 10.9. The Morgan fingerprint density at radius 3 is 2.90 bits per heavy atom. The van der Waals surface area contributed by atoms with E-state index in [1.807, 2.05) is 0 Å².